The number of hydrogen-bond acceptors (Lipinski definition) is 4. The second kappa shape index (κ2) is 6.01. The first-order chi connectivity index (χ1) is 10.3. The third-order valence-corrected chi connectivity index (χ3v) is 3.62. The molecule has 0 aromatic heterocycles. The maximum absolute atomic E-state index is 5.39. The average Bonchev–Trinajstić information content (AvgIpc) is 3.00. The van der Waals surface area contributed by atoms with Crippen molar-refractivity contribution >= 4 is 17.2 Å². The lowest BCUT2D eigenvalue weighted by atomic mass is 10.2. The van der Waals surface area contributed by atoms with Gasteiger partial charge < -0.3 is 19.5 Å². The van der Waals surface area contributed by atoms with Crippen LogP contribution in [-0.2, 0) is 6.54 Å². The van der Waals surface area contributed by atoms with Gasteiger partial charge in [-0.2, -0.15) is 0 Å². The molecule has 0 saturated carbocycles. The molecule has 0 amide bonds. The highest BCUT2D eigenvalue weighted by molar-refractivity contribution is 7.80. The molecular weight excluding hydrogens is 286 g/mol. The lowest BCUT2D eigenvalue weighted by molar-refractivity contribution is 0.174. The monoisotopic (exact) mass is 301 g/mol. The van der Waals surface area contributed by atoms with Crippen LogP contribution >= 0.6 is 12.2 Å². The van der Waals surface area contributed by atoms with Gasteiger partial charge in [-0.15, -0.1) is 0 Å². The Bertz CT molecular complexity index is 655. The Morgan fingerprint density at radius 3 is 2.67 bits per heavy atom. The van der Waals surface area contributed by atoms with Crippen LogP contribution in [0.1, 0.15) is 11.1 Å². The molecule has 3 rings (SSSR count). The van der Waals surface area contributed by atoms with Crippen molar-refractivity contribution in [2.75, 3.05) is 13.9 Å². The van der Waals surface area contributed by atoms with E-state index in [1.54, 1.807) is 7.11 Å². The van der Waals surface area contributed by atoms with Crippen molar-refractivity contribution in [3.05, 3.63) is 53.6 Å². The number of ether oxygens (including phenoxy) is 3. The average molecular weight is 301 g/mol. The second-order valence-electron chi connectivity index (χ2n) is 4.60. The largest absolute Gasteiger partial charge is 0.497 e. The van der Waals surface area contributed by atoms with Gasteiger partial charge in [0.1, 0.15) is 10.7 Å². The van der Waals surface area contributed by atoms with Gasteiger partial charge in [0.25, 0.3) is 0 Å². The van der Waals surface area contributed by atoms with Gasteiger partial charge in [0.05, 0.1) is 7.11 Å². The smallest absolute Gasteiger partial charge is 0.231 e. The topological polar surface area (TPSA) is 39.7 Å². The van der Waals surface area contributed by atoms with Gasteiger partial charge in [-0.25, -0.2) is 0 Å². The zero-order valence-corrected chi connectivity index (χ0v) is 12.4. The Balaban J connectivity index is 1.62. The minimum atomic E-state index is 0.288. The standard InChI is InChI=1S/C16H15NO3S/c1-18-13-5-3-12(4-6-13)16(21)17-9-11-2-7-14-15(8-11)20-10-19-14/h2-8H,9-10H2,1H3,(H,17,21). The van der Waals surface area contributed by atoms with Crippen molar-refractivity contribution in [2.24, 2.45) is 0 Å². The summed E-state index contributed by atoms with van der Waals surface area (Å²) in [5.74, 6) is 2.39. The third kappa shape index (κ3) is 3.08. The van der Waals surface area contributed by atoms with Crippen LogP contribution in [0.2, 0.25) is 0 Å². The normalized spacial score (nSPS) is 12.0. The minimum absolute atomic E-state index is 0.288. The van der Waals surface area contributed by atoms with Gasteiger partial charge in [-0.05, 0) is 42.0 Å². The first-order valence-electron chi connectivity index (χ1n) is 6.57. The molecule has 0 spiro atoms. The van der Waals surface area contributed by atoms with Crippen LogP contribution in [0.3, 0.4) is 0 Å². The zero-order valence-electron chi connectivity index (χ0n) is 11.6. The summed E-state index contributed by atoms with van der Waals surface area (Å²) >= 11 is 5.39. The van der Waals surface area contributed by atoms with E-state index in [4.69, 9.17) is 26.4 Å². The molecule has 0 radical (unpaired) electrons. The first-order valence-corrected chi connectivity index (χ1v) is 6.98. The molecule has 1 heterocycles. The summed E-state index contributed by atoms with van der Waals surface area (Å²) in [7, 11) is 1.64. The molecule has 108 valence electrons. The number of methoxy groups -OCH3 is 1. The molecule has 0 fully saturated rings. The molecule has 21 heavy (non-hydrogen) atoms. The molecule has 0 aliphatic carbocycles. The molecule has 0 atom stereocenters. The van der Waals surface area contributed by atoms with Gasteiger partial charge in [-0.3, -0.25) is 0 Å². The molecule has 2 aromatic rings. The lowest BCUT2D eigenvalue weighted by Gasteiger charge is -2.09. The summed E-state index contributed by atoms with van der Waals surface area (Å²) in [6.07, 6.45) is 0. The molecular formula is C16H15NO3S. The van der Waals surface area contributed by atoms with Gasteiger partial charge in [-0.1, -0.05) is 18.3 Å². The quantitative estimate of drug-likeness (QED) is 0.879. The lowest BCUT2D eigenvalue weighted by Crippen LogP contribution is -2.21. The van der Waals surface area contributed by atoms with E-state index in [0.29, 0.717) is 11.5 Å². The van der Waals surface area contributed by atoms with Crippen LogP contribution in [-0.4, -0.2) is 18.9 Å². The van der Waals surface area contributed by atoms with E-state index in [0.717, 1.165) is 28.4 Å². The third-order valence-electron chi connectivity index (χ3n) is 3.24. The van der Waals surface area contributed by atoms with Gasteiger partial charge >= 0.3 is 0 Å². The van der Waals surface area contributed by atoms with E-state index < -0.39 is 0 Å². The number of thiocarbonyl (C=S) groups is 1. The van der Waals surface area contributed by atoms with Crippen molar-refractivity contribution in [2.45, 2.75) is 6.54 Å². The molecule has 1 N–H and O–H groups in total. The molecule has 0 saturated heterocycles. The summed E-state index contributed by atoms with van der Waals surface area (Å²) in [5, 5.41) is 3.24. The molecule has 2 aromatic carbocycles. The van der Waals surface area contributed by atoms with Gasteiger partial charge in [0.2, 0.25) is 6.79 Å². The summed E-state index contributed by atoms with van der Waals surface area (Å²) < 4.78 is 15.8. The fraction of sp³-hybridized carbons (Fsp3) is 0.188. The number of benzene rings is 2. The summed E-state index contributed by atoms with van der Waals surface area (Å²) in [4.78, 5) is 0.704. The van der Waals surface area contributed by atoms with E-state index in [2.05, 4.69) is 5.32 Å². The summed E-state index contributed by atoms with van der Waals surface area (Å²) in [6, 6.07) is 13.5. The van der Waals surface area contributed by atoms with Crippen LogP contribution in [0.15, 0.2) is 42.5 Å². The molecule has 5 heteroatoms. The van der Waals surface area contributed by atoms with Crippen LogP contribution in [0, 0.1) is 0 Å². The predicted octanol–water partition coefficient (Wildman–Crippen LogP) is 2.89. The Morgan fingerprint density at radius 2 is 1.90 bits per heavy atom. The van der Waals surface area contributed by atoms with E-state index >= 15 is 0 Å². The molecule has 1 aliphatic rings. The van der Waals surface area contributed by atoms with E-state index in [-0.39, 0.29) is 6.79 Å². The molecule has 4 nitrogen and oxygen atoms in total. The maximum atomic E-state index is 5.39. The summed E-state index contributed by atoms with van der Waals surface area (Å²) in [5.41, 5.74) is 2.06. The fourth-order valence-corrected chi connectivity index (χ4v) is 2.29. The van der Waals surface area contributed by atoms with Gasteiger partial charge in [0, 0.05) is 12.1 Å². The number of fused-ring (bicyclic) bond motifs is 1. The minimum Gasteiger partial charge on any atom is -0.497 e. The van der Waals surface area contributed by atoms with Crippen LogP contribution in [0.5, 0.6) is 17.2 Å². The SMILES string of the molecule is COc1ccc(C(=S)NCc2ccc3c(c2)OCO3)cc1. The first kappa shape index (κ1) is 13.7. The Labute approximate surface area is 128 Å². The van der Waals surface area contributed by atoms with E-state index in [1.807, 2.05) is 42.5 Å². The Hall–Kier alpha value is -2.27. The molecule has 1 aliphatic heterocycles. The Morgan fingerprint density at radius 1 is 1.14 bits per heavy atom. The Kier molecular flexibility index (Phi) is 3.92. The zero-order chi connectivity index (χ0) is 14.7. The summed E-state index contributed by atoms with van der Waals surface area (Å²) in [6.45, 7) is 0.929. The van der Waals surface area contributed by atoms with Crippen LogP contribution in [0.25, 0.3) is 0 Å². The predicted molar refractivity (Wildman–Crippen MR) is 84.1 cm³/mol. The number of rotatable bonds is 4. The van der Waals surface area contributed by atoms with Crippen LogP contribution in [0.4, 0.5) is 0 Å². The van der Waals surface area contributed by atoms with Crippen molar-refractivity contribution in [1.82, 2.24) is 5.32 Å². The fourth-order valence-electron chi connectivity index (χ4n) is 2.08. The maximum Gasteiger partial charge on any atom is 0.231 e. The highest BCUT2D eigenvalue weighted by atomic mass is 32.1. The van der Waals surface area contributed by atoms with E-state index in [1.165, 1.54) is 0 Å². The van der Waals surface area contributed by atoms with Crippen LogP contribution < -0.4 is 19.5 Å². The van der Waals surface area contributed by atoms with E-state index in [9.17, 15) is 0 Å². The van der Waals surface area contributed by atoms with Gasteiger partial charge in [0.15, 0.2) is 11.5 Å². The molecule has 0 unspecified atom stereocenters. The second-order valence-corrected chi connectivity index (χ2v) is 5.01. The molecule has 0 bridgehead atoms. The van der Waals surface area contributed by atoms with Crippen molar-refractivity contribution in [3.8, 4) is 17.2 Å². The van der Waals surface area contributed by atoms with Crippen molar-refractivity contribution in [1.29, 1.82) is 0 Å². The number of hydrogen-bond donors (Lipinski definition) is 1. The van der Waals surface area contributed by atoms with Crippen molar-refractivity contribution in [3.63, 3.8) is 0 Å². The highest BCUT2D eigenvalue weighted by Gasteiger charge is 2.13. The number of nitrogens with one attached hydrogen (secondary N) is 1. The highest BCUT2D eigenvalue weighted by Crippen LogP contribution is 2.32. The van der Waals surface area contributed by atoms with Crippen molar-refractivity contribution < 1.29 is 14.2 Å².